The lowest BCUT2D eigenvalue weighted by Crippen LogP contribution is -2.19. The van der Waals surface area contributed by atoms with Gasteiger partial charge in [0.1, 0.15) is 5.03 Å². The van der Waals surface area contributed by atoms with E-state index in [0.29, 0.717) is 10.6 Å². The van der Waals surface area contributed by atoms with E-state index in [1.165, 1.54) is 6.20 Å². The van der Waals surface area contributed by atoms with Gasteiger partial charge in [-0.25, -0.2) is 4.98 Å². The second-order valence-electron chi connectivity index (χ2n) is 3.41. The zero-order chi connectivity index (χ0) is 10.7. The molecule has 0 aliphatic carbocycles. The minimum absolute atomic E-state index is 0.131. The third-order valence-corrected chi connectivity index (χ3v) is 4.03. The predicted molar refractivity (Wildman–Crippen MR) is 56.6 cm³/mol. The minimum Gasteiger partial charge on any atom is -0.315 e. The van der Waals surface area contributed by atoms with Crippen LogP contribution in [0.3, 0.4) is 0 Å². The third-order valence-electron chi connectivity index (χ3n) is 2.39. The van der Waals surface area contributed by atoms with Crippen LogP contribution < -0.4 is 5.32 Å². The molecule has 1 aromatic rings. The summed E-state index contributed by atoms with van der Waals surface area (Å²) in [7, 11) is -1.10. The Kier molecular flexibility index (Phi) is 3.09. The van der Waals surface area contributed by atoms with Gasteiger partial charge < -0.3 is 5.32 Å². The average Bonchev–Trinajstić information content (AvgIpc) is 2.81. The number of pyridine rings is 1. The molecular formula is C10H11N3OS. The number of nitrogens with one attached hydrogen (secondary N) is 1. The Balaban J connectivity index is 2.21. The number of hydrogen-bond acceptors (Lipinski definition) is 4. The zero-order valence-electron chi connectivity index (χ0n) is 8.14. The Labute approximate surface area is 90.8 Å². The lowest BCUT2D eigenvalue weighted by molar-refractivity contribution is 0.669. The highest BCUT2D eigenvalue weighted by Gasteiger charge is 2.23. The highest BCUT2D eigenvalue weighted by molar-refractivity contribution is 7.85. The summed E-state index contributed by atoms with van der Waals surface area (Å²) in [5.41, 5.74) is 0.513. The number of hydrogen-bond donors (Lipinski definition) is 1. The smallest absolute Gasteiger partial charge is 0.128 e. The van der Waals surface area contributed by atoms with Crippen molar-refractivity contribution in [3.05, 3.63) is 23.9 Å². The molecule has 0 unspecified atom stereocenters. The summed E-state index contributed by atoms with van der Waals surface area (Å²) in [6.45, 7) is 1.68. The summed E-state index contributed by atoms with van der Waals surface area (Å²) >= 11 is 0. The maximum absolute atomic E-state index is 12.0. The molecule has 1 aliphatic heterocycles. The van der Waals surface area contributed by atoms with Crippen molar-refractivity contribution in [3.63, 3.8) is 0 Å². The molecule has 0 aromatic carbocycles. The molecule has 1 aliphatic rings. The van der Waals surface area contributed by atoms with E-state index in [1.807, 2.05) is 6.07 Å². The van der Waals surface area contributed by atoms with E-state index in [0.717, 1.165) is 19.5 Å². The van der Waals surface area contributed by atoms with Gasteiger partial charge in [-0.1, -0.05) is 0 Å². The highest BCUT2D eigenvalue weighted by atomic mass is 32.2. The van der Waals surface area contributed by atoms with Crippen LogP contribution in [0.2, 0.25) is 0 Å². The van der Waals surface area contributed by atoms with Crippen molar-refractivity contribution < 1.29 is 4.21 Å². The standard InChI is InChI=1S/C10H11N3OS/c11-6-8-1-4-13-10(5-8)15(14)9-2-3-12-7-9/h1,4-5,9,12H,2-3,7H2/t9-,15-/m1/s1. The lowest BCUT2D eigenvalue weighted by Gasteiger charge is -2.07. The summed E-state index contributed by atoms with van der Waals surface area (Å²) in [6, 6.07) is 5.25. The Hall–Kier alpha value is -1.25. The summed E-state index contributed by atoms with van der Waals surface area (Å²) in [6.07, 6.45) is 2.44. The fourth-order valence-electron chi connectivity index (χ4n) is 1.57. The van der Waals surface area contributed by atoms with E-state index in [-0.39, 0.29) is 5.25 Å². The molecule has 4 nitrogen and oxygen atoms in total. The van der Waals surface area contributed by atoms with Crippen LogP contribution in [0.1, 0.15) is 12.0 Å². The van der Waals surface area contributed by atoms with Crippen molar-refractivity contribution in [2.24, 2.45) is 0 Å². The van der Waals surface area contributed by atoms with E-state index in [4.69, 9.17) is 5.26 Å². The fraction of sp³-hybridized carbons (Fsp3) is 0.400. The molecule has 0 spiro atoms. The van der Waals surface area contributed by atoms with E-state index < -0.39 is 10.8 Å². The first kappa shape index (κ1) is 10.3. The molecule has 1 N–H and O–H groups in total. The molecule has 1 fully saturated rings. The molecule has 5 heteroatoms. The van der Waals surface area contributed by atoms with E-state index in [9.17, 15) is 4.21 Å². The van der Waals surface area contributed by atoms with Crippen LogP contribution in [-0.2, 0) is 10.8 Å². The molecule has 2 heterocycles. The van der Waals surface area contributed by atoms with Crippen LogP contribution in [-0.4, -0.2) is 27.5 Å². The van der Waals surface area contributed by atoms with Gasteiger partial charge in [0.2, 0.25) is 0 Å². The topological polar surface area (TPSA) is 65.8 Å². The van der Waals surface area contributed by atoms with Gasteiger partial charge in [0.25, 0.3) is 0 Å². The van der Waals surface area contributed by atoms with Crippen molar-refractivity contribution in [2.75, 3.05) is 13.1 Å². The second-order valence-corrected chi connectivity index (χ2v) is 5.09. The van der Waals surface area contributed by atoms with Gasteiger partial charge in [-0.15, -0.1) is 0 Å². The van der Waals surface area contributed by atoms with Gasteiger partial charge in [0.05, 0.1) is 27.7 Å². The van der Waals surface area contributed by atoms with Gasteiger partial charge in [0.15, 0.2) is 0 Å². The molecule has 0 radical (unpaired) electrons. The van der Waals surface area contributed by atoms with Crippen molar-refractivity contribution >= 4 is 10.8 Å². The predicted octanol–water partition coefficient (Wildman–Crippen LogP) is 0.423. The first-order valence-corrected chi connectivity index (χ1v) is 6.00. The van der Waals surface area contributed by atoms with Crippen molar-refractivity contribution in [1.29, 1.82) is 5.26 Å². The van der Waals surface area contributed by atoms with Gasteiger partial charge >= 0.3 is 0 Å². The molecule has 2 atom stereocenters. The summed E-state index contributed by atoms with van der Waals surface area (Å²) in [5.74, 6) is 0. The second kappa shape index (κ2) is 4.51. The molecule has 1 saturated heterocycles. The van der Waals surface area contributed by atoms with Crippen molar-refractivity contribution in [3.8, 4) is 6.07 Å². The quantitative estimate of drug-likeness (QED) is 0.786. The first-order valence-electron chi connectivity index (χ1n) is 4.78. The van der Waals surface area contributed by atoms with Crippen LogP contribution in [0.15, 0.2) is 23.4 Å². The normalized spacial score (nSPS) is 22.2. The number of nitriles is 1. The zero-order valence-corrected chi connectivity index (χ0v) is 8.96. The molecule has 0 amide bonds. The van der Waals surface area contributed by atoms with Gasteiger partial charge in [-0.3, -0.25) is 4.21 Å². The molecule has 0 bridgehead atoms. The summed E-state index contributed by atoms with van der Waals surface area (Å²) in [4.78, 5) is 4.05. The SMILES string of the molecule is N#Cc1ccnc([S@](=O)[C@@H]2CCNC2)c1. The molecule has 0 saturated carbocycles. The molecule has 78 valence electrons. The van der Waals surface area contributed by atoms with Gasteiger partial charge in [-0.05, 0) is 25.1 Å². The maximum Gasteiger partial charge on any atom is 0.128 e. The van der Waals surface area contributed by atoms with Crippen molar-refractivity contribution in [2.45, 2.75) is 16.7 Å². The lowest BCUT2D eigenvalue weighted by atomic mass is 10.3. The first-order chi connectivity index (χ1) is 7.31. The molecular weight excluding hydrogens is 210 g/mol. The Morgan fingerprint density at radius 1 is 1.67 bits per heavy atom. The van der Waals surface area contributed by atoms with Crippen LogP contribution in [0.4, 0.5) is 0 Å². The Bertz CT molecular complexity index is 421. The van der Waals surface area contributed by atoms with Crippen LogP contribution in [0.5, 0.6) is 0 Å². The number of rotatable bonds is 2. The fourth-order valence-corrected chi connectivity index (χ4v) is 2.92. The summed E-state index contributed by atoms with van der Waals surface area (Å²) in [5, 5.41) is 12.5. The van der Waals surface area contributed by atoms with Crippen LogP contribution >= 0.6 is 0 Å². The number of aromatic nitrogens is 1. The van der Waals surface area contributed by atoms with Crippen LogP contribution in [0.25, 0.3) is 0 Å². The van der Waals surface area contributed by atoms with E-state index in [1.54, 1.807) is 12.1 Å². The van der Waals surface area contributed by atoms with Gasteiger partial charge in [0, 0.05) is 12.7 Å². The molecule has 2 rings (SSSR count). The number of nitrogens with zero attached hydrogens (tertiary/aromatic N) is 2. The Morgan fingerprint density at radius 2 is 2.53 bits per heavy atom. The van der Waals surface area contributed by atoms with Crippen LogP contribution in [0, 0.1) is 11.3 Å². The van der Waals surface area contributed by atoms with E-state index in [2.05, 4.69) is 10.3 Å². The molecule has 1 aromatic heterocycles. The summed E-state index contributed by atoms with van der Waals surface area (Å²) < 4.78 is 12.0. The van der Waals surface area contributed by atoms with Crippen molar-refractivity contribution in [1.82, 2.24) is 10.3 Å². The largest absolute Gasteiger partial charge is 0.315 e. The molecule has 15 heavy (non-hydrogen) atoms. The average molecular weight is 221 g/mol. The Morgan fingerprint density at radius 3 is 3.20 bits per heavy atom. The minimum atomic E-state index is -1.10. The van der Waals surface area contributed by atoms with E-state index >= 15 is 0 Å². The maximum atomic E-state index is 12.0. The highest BCUT2D eigenvalue weighted by Crippen LogP contribution is 2.14. The third kappa shape index (κ3) is 2.22. The monoisotopic (exact) mass is 221 g/mol. The van der Waals surface area contributed by atoms with Gasteiger partial charge in [-0.2, -0.15) is 5.26 Å².